The molecule has 0 rings (SSSR count). The highest BCUT2D eigenvalue weighted by atomic mass is 79.9. The molecule has 3 heteroatoms. The highest BCUT2D eigenvalue weighted by molar-refractivity contribution is 5.67. The summed E-state index contributed by atoms with van der Waals surface area (Å²) in [7, 11) is 0. The van der Waals surface area contributed by atoms with Gasteiger partial charge in [-0.15, -0.1) is 0 Å². The lowest BCUT2D eigenvalue weighted by molar-refractivity contribution is -0.313. The molecule has 2 nitrogen and oxygen atoms in total. The van der Waals surface area contributed by atoms with Crippen molar-refractivity contribution in [2.45, 2.75) is 54.4 Å². The van der Waals surface area contributed by atoms with Crippen LogP contribution < -0.4 is 22.7 Å². The van der Waals surface area contributed by atoms with Crippen molar-refractivity contribution in [1.29, 1.82) is 0 Å². The second-order valence-electron chi connectivity index (χ2n) is 5.96. The predicted molar refractivity (Wildman–Crippen MR) is 64.1 cm³/mol. The molecule has 3 N–H and O–H groups in total. The molecule has 0 radical (unpaired) electrons. The Hall–Kier alpha value is 0.110. The largest absolute Gasteiger partial charge is 1.00 e. The third-order valence-electron chi connectivity index (χ3n) is 3.86. The molecule has 0 fully saturated rings. The monoisotopic (exact) mass is 293 g/mol. The van der Waals surface area contributed by atoms with Gasteiger partial charge in [0.1, 0.15) is 0 Å². The summed E-state index contributed by atoms with van der Waals surface area (Å²) in [5.74, 6) is 1.29. The molecule has 0 spiro atoms. The van der Waals surface area contributed by atoms with Crippen molar-refractivity contribution in [1.82, 2.24) is 0 Å². The first-order chi connectivity index (χ1) is 6.68. The number of rotatable bonds is 6. The van der Waals surface area contributed by atoms with Crippen molar-refractivity contribution in [3.05, 3.63) is 0 Å². The summed E-state index contributed by atoms with van der Waals surface area (Å²) < 4.78 is 0. The van der Waals surface area contributed by atoms with Crippen LogP contribution in [0, 0.1) is 23.2 Å². The number of quaternary nitrogens is 1. The minimum absolute atomic E-state index is 0. The van der Waals surface area contributed by atoms with Crippen LogP contribution in [0.15, 0.2) is 0 Å². The highest BCUT2D eigenvalue weighted by Crippen LogP contribution is 2.37. The van der Waals surface area contributed by atoms with Crippen molar-refractivity contribution in [2.24, 2.45) is 23.2 Å². The van der Waals surface area contributed by atoms with Gasteiger partial charge in [0.05, 0.1) is 5.92 Å². The molecule has 0 aromatic carbocycles. The Bertz CT molecular complexity index is 214. The molecule has 0 bridgehead atoms. The summed E-state index contributed by atoms with van der Waals surface area (Å²) in [6, 6.07) is 0. The van der Waals surface area contributed by atoms with Crippen LogP contribution in [0.2, 0.25) is 0 Å². The molecule has 0 aliphatic heterocycles. The predicted octanol–water partition coefficient (Wildman–Crippen LogP) is -0.506. The maximum Gasteiger partial charge on any atom is 0.311 e. The molecule has 98 valence electrons. The van der Waals surface area contributed by atoms with E-state index in [1.807, 2.05) is 6.92 Å². The third-order valence-corrected chi connectivity index (χ3v) is 3.86. The van der Waals surface area contributed by atoms with Gasteiger partial charge in [-0.3, -0.25) is 5.73 Å². The van der Waals surface area contributed by atoms with E-state index in [0.717, 1.165) is 5.92 Å². The van der Waals surface area contributed by atoms with E-state index in [1.165, 1.54) is 12.8 Å². The van der Waals surface area contributed by atoms with Crippen molar-refractivity contribution >= 4 is 5.91 Å². The number of carbonyl (C=O) groups is 1. The Morgan fingerprint density at radius 3 is 1.94 bits per heavy atom. The molecule has 1 amide bonds. The van der Waals surface area contributed by atoms with E-state index in [9.17, 15) is 4.79 Å². The maximum atomic E-state index is 11.3. The van der Waals surface area contributed by atoms with E-state index in [2.05, 4.69) is 40.4 Å². The summed E-state index contributed by atoms with van der Waals surface area (Å²) in [6.45, 7) is 13.2. The molecule has 0 aliphatic carbocycles. The fraction of sp³-hybridized carbons (Fsp3) is 0.923. The van der Waals surface area contributed by atoms with Crippen molar-refractivity contribution in [3.63, 3.8) is 0 Å². The Labute approximate surface area is 111 Å². The SMILES string of the molecule is CC(C)CCC(C)(C)C(C)C(C)C([NH3+])=O.[Br-]. The van der Waals surface area contributed by atoms with E-state index < -0.39 is 0 Å². The molecule has 0 heterocycles. The molecular formula is C13H28BrNO. The van der Waals surface area contributed by atoms with Crippen molar-refractivity contribution in [2.75, 3.05) is 0 Å². The number of hydrogen-bond donors (Lipinski definition) is 1. The van der Waals surface area contributed by atoms with Crippen LogP contribution in [-0.2, 0) is 4.79 Å². The van der Waals surface area contributed by atoms with Gasteiger partial charge in [-0.05, 0) is 30.6 Å². The van der Waals surface area contributed by atoms with Gasteiger partial charge in [0.25, 0.3) is 0 Å². The molecule has 2 atom stereocenters. The van der Waals surface area contributed by atoms with Crippen LogP contribution in [0.1, 0.15) is 54.4 Å². The first kappa shape index (κ1) is 18.5. The minimum atomic E-state index is 0. The van der Waals surface area contributed by atoms with Crippen molar-refractivity contribution in [3.8, 4) is 0 Å². The van der Waals surface area contributed by atoms with Gasteiger partial charge in [-0.25, -0.2) is 4.79 Å². The van der Waals surface area contributed by atoms with Crippen LogP contribution >= 0.6 is 0 Å². The topological polar surface area (TPSA) is 44.7 Å². The van der Waals surface area contributed by atoms with Crippen LogP contribution in [0.3, 0.4) is 0 Å². The highest BCUT2D eigenvalue weighted by Gasteiger charge is 2.33. The van der Waals surface area contributed by atoms with E-state index >= 15 is 0 Å². The van der Waals surface area contributed by atoms with Crippen LogP contribution in [0.4, 0.5) is 0 Å². The zero-order valence-electron chi connectivity index (χ0n) is 11.6. The van der Waals surface area contributed by atoms with Gasteiger partial charge >= 0.3 is 5.91 Å². The lowest BCUT2D eigenvalue weighted by Gasteiger charge is -2.34. The van der Waals surface area contributed by atoms with Gasteiger partial charge in [0.2, 0.25) is 0 Å². The fourth-order valence-electron chi connectivity index (χ4n) is 1.84. The van der Waals surface area contributed by atoms with E-state index in [0.29, 0.717) is 5.92 Å². The quantitative estimate of drug-likeness (QED) is 0.705. The van der Waals surface area contributed by atoms with Gasteiger partial charge in [-0.1, -0.05) is 41.0 Å². The van der Waals surface area contributed by atoms with E-state index in [4.69, 9.17) is 0 Å². The van der Waals surface area contributed by atoms with E-state index in [-0.39, 0.29) is 34.2 Å². The van der Waals surface area contributed by atoms with Gasteiger partial charge in [-0.2, -0.15) is 0 Å². The molecule has 0 aromatic heterocycles. The van der Waals surface area contributed by atoms with Gasteiger partial charge < -0.3 is 17.0 Å². The Balaban J connectivity index is 0. The smallest absolute Gasteiger partial charge is 0.311 e. The lowest BCUT2D eigenvalue weighted by Crippen LogP contribution is -3.00. The summed E-state index contributed by atoms with van der Waals surface area (Å²) in [5, 5.41) is 0. The van der Waals surface area contributed by atoms with Crippen LogP contribution in [0.25, 0.3) is 0 Å². The van der Waals surface area contributed by atoms with Gasteiger partial charge in [0.15, 0.2) is 0 Å². The molecule has 0 saturated heterocycles. The standard InChI is InChI=1S/C13H27NO.BrH/c1-9(2)7-8-13(5,6)11(4)10(3)12(14)15;/h9-11H,7-8H2,1-6H3,(H2,14,15);1H. The first-order valence-electron chi connectivity index (χ1n) is 6.04. The summed E-state index contributed by atoms with van der Waals surface area (Å²) >= 11 is 0. The van der Waals surface area contributed by atoms with Crippen LogP contribution in [-0.4, -0.2) is 5.91 Å². The second kappa shape index (κ2) is 7.44. The molecule has 0 aliphatic rings. The second-order valence-corrected chi connectivity index (χ2v) is 5.96. The van der Waals surface area contributed by atoms with Crippen molar-refractivity contribution < 1.29 is 27.5 Å². The zero-order chi connectivity index (χ0) is 12.2. The number of halogens is 1. The Morgan fingerprint density at radius 1 is 1.19 bits per heavy atom. The summed E-state index contributed by atoms with van der Waals surface area (Å²) in [5.41, 5.74) is 3.76. The molecule has 0 aromatic rings. The molecule has 0 saturated carbocycles. The third kappa shape index (κ3) is 6.00. The summed E-state index contributed by atoms with van der Waals surface area (Å²) in [4.78, 5) is 11.3. The lowest BCUT2D eigenvalue weighted by atomic mass is 9.70. The number of carbonyl (C=O) groups excluding carboxylic acids is 1. The first-order valence-corrected chi connectivity index (χ1v) is 6.04. The van der Waals surface area contributed by atoms with Gasteiger partial charge in [0, 0.05) is 0 Å². The normalized spacial score (nSPS) is 15.5. The molecule has 2 unspecified atom stereocenters. The number of amides is 1. The fourth-order valence-corrected chi connectivity index (χ4v) is 1.84. The molecule has 16 heavy (non-hydrogen) atoms. The van der Waals surface area contributed by atoms with Crippen LogP contribution in [0.5, 0.6) is 0 Å². The Morgan fingerprint density at radius 2 is 1.62 bits per heavy atom. The molecular weight excluding hydrogens is 266 g/mol. The average molecular weight is 294 g/mol. The minimum Gasteiger partial charge on any atom is -1.00 e. The number of hydrogen-bond acceptors (Lipinski definition) is 1. The maximum absolute atomic E-state index is 11.3. The summed E-state index contributed by atoms with van der Waals surface area (Å²) in [6.07, 6.45) is 2.42. The van der Waals surface area contributed by atoms with E-state index in [1.54, 1.807) is 0 Å². The Kier molecular flexibility index (Phi) is 8.59. The zero-order valence-corrected chi connectivity index (χ0v) is 13.2. The average Bonchev–Trinajstić information content (AvgIpc) is 2.12.